The highest BCUT2D eigenvalue weighted by Gasteiger charge is 2.27. The Hall–Kier alpha value is -3.42. The van der Waals surface area contributed by atoms with E-state index >= 15 is 0 Å². The monoisotopic (exact) mass is 475 g/mol. The molecule has 0 radical (unpaired) electrons. The third kappa shape index (κ3) is 6.59. The third-order valence-electron chi connectivity index (χ3n) is 6.97. The molecule has 0 amide bonds. The number of rotatable bonds is 4. The highest BCUT2D eigenvalue weighted by Crippen LogP contribution is 2.24. The van der Waals surface area contributed by atoms with Crippen LogP contribution in [0.3, 0.4) is 0 Å². The Kier molecular flexibility index (Phi) is 8.34. The number of carboxylic acid groups (broad SMARTS) is 2. The van der Waals surface area contributed by atoms with Crippen LogP contribution in [0.2, 0.25) is 0 Å². The molecule has 0 aromatic heterocycles. The highest BCUT2D eigenvalue weighted by molar-refractivity contribution is 6.27. The molecule has 0 unspecified atom stereocenters. The molecule has 0 saturated carbocycles. The third-order valence-corrected chi connectivity index (χ3v) is 6.97. The van der Waals surface area contributed by atoms with Crippen molar-refractivity contribution in [3.63, 3.8) is 0 Å². The predicted molar refractivity (Wildman–Crippen MR) is 138 cm³/mol. The first-order valence-electron chi connectivity index (χ1n) is 12.2. The van der Waals surface area contributed by atoms with E-state index in [4.69, 9.17) is 19.8 Å². The molecule has 3 aromatic carbocycles. The first kappa shape index (κ1) is 24.7. The average Bonchev–Trinajstić information content (AvgIpc) is 2.90. The predicted octanol–water partition coefficient (Wildman–Crippen LogP) is 3.78. The fraction of sp³-hybridized carbons (Fsp3) is 0.357. The molecule has 7 heteroatoms. The second-order valence-corrected chi connectivity index (χ2v) is 9.11. The van der Waals surface area contributed by atoms with Gasteiger partial charge in [0.15, 0.2) is 0 Å². The van der Waals surface area contributed by atoms with Crippen LogP contribution in [-0.2, 0) is 16.1 Å². The van der Waals surface area contributed by atoms with Crippen LogP contribution < -0.4 is 4.90 Å². The van der Waals surface area contributed by atoms with Crippen molar-refractivity contribution in [2.45, 2.75) is 25.4 Å². The van der Waals surface area contributed by atoms with Gasteiger partial charge in [-0.2, -0.15) is 0 Å². The fourth-order valence-corrected chi connectivity index (χ4v) is 5.10. The molecule has 35 heavy (non-hydrogen) atoms. The van der Waals surface area contributed by atoms with E-state index in [0.29, 0.717) is 0 Å². The van der Waals surface area contributed by atoms with Crippen molar-refractivity contribution < 1.29 is 19.8 Å². The van der Waals surface area contributed by atoms with Crippen molar-refractivity contribution in [1.29, 1.82) is 0 Å². The minimum atomic E-state index is -1.82. The molecule has 2 heterocycles. The number of hydrogen-bond donors (Lipinski definition) is 2. The van der Waals surface area contributed by atoms with Gasteiger partial charge in [-0.15, -0.1) is 0 Å². The second kappa shape index (κ2) is 11.8. The SMILES string of the molecule is O=C(O)C(=O)O.c1ccc(N2CCN(C3CCN(Cc4cccc5ccccc45)CC3)CC2)cc1. The number of aliphatic carboxylic acids is 2. The van der Waals surface area contributed by atoms with Gasteiger partial charge in [-0.3, -0.25) is 9.80 Å². The second-order valence-electron chi connectivity index (χ2n) is 9.11. The summed E-state index contributed by atoms with van der Waals surface area (Å²) in [5.74, 6) is -3.65. The van der Waals surface area contributed by atoms with Crippen molar-refractivity contribution >= 4 is 28.4 Å². The Morgan fingerprint density at radius 2 is 1.31 bits per heavy atom. The van der Waals surface area contributed by atoms with Crippen molar-refractivity contribution in [1.82, 2.24) is 9.80 Å². The summed E-state index contributed by atoms with van der Waals surface area (Å²) in [7, 11) is 0. The first-order valence-corrected chi connectivity index (χ1v) is 12.2. The Morgan fingerprint density at radius 3 is 1.97 bits per heavy atom. The molecule has 5 rings (SSSR count). The smallest absolute Gasteiger partial charge is 0.414 e. The van der Waals surface area contributed by atoms with Crippen LogP contribution in [0.25, 0.3) is 10.8 Å². The molecule has 2 aliphatic heterocycles. The summed E-state index contributed by atoms with van der Waals surface area (Å²) in [6, 6.07) is 27.1. The first-order chi connectivity index (χ1) is 17.0. The molecule has 2 saturated heterocycles. The largest absolute Gasteiger partial charge is 0.473 e. The maximum absolute atomic E-state index is 9.10. The van der Waals surface area contributed by atoms with Gasteiger partial charge in [-0.25, -0.2) is 9.59 Å². The summed E-state index contributed by atoms with van der Waals surface area (Å²) in [5.41, 5.74) is 2.84. The summed E-state index contributed by atoms with van der Waals surface area (Å²) in [4.78, 5) is 26.1. The lowest BCUT2D eigenvalue weighted by Crippen LogP contribution is -2.53. The topological polar surface area (TPSA) is 84.3 Å². The number of carbonyl (C=O) groups is 2. The normalized spacial score (nSPS) is 17.5. The van der Waals surface area contributed by atoms with Gasteiger partial charge in [0, 0.05) is 44.5 Å². The van der Waals surface area contributed by atoms with Gasteiger partial charge in [0.2, 0.25) is 0 Å². The van der Waals surface area contributed by atoms with E-state index in [1.807, 2.05) is 0 Å². The van der Waals surface area contributed by atoms with Crippen LogP contribution in [0.1, 0.15) is 18.4 Å². The summed E-state index contributed by atoms with van der Waals surface area (Å²) >= 11 is 0. The molecule has 184 valence electrons. The molecule has 0 atom stereocenters. The van der Waals surface area contributed by atoms with E-state index in [1.54, 1.807) is 0 Å². The highest BCUT2D eigenvalue weighted by atomic mass is 16.4. The van der Waals surface area contributed by atoms with Crippen LogP contribution >= 0.6 is 0 Å². The molecular formula is C28H33N3O4. The van der Waals surface area contributed by atoms with Gasteiger partial charge in [-0.1, -0.05) is 60.7 Å². The zero-order valence-corrected chi connectivity index (χ0v) is 19.9. The summed E-state index contributed by atoms with van der Waals surface area (Å²) < 4.78 is 0. The van der Waals surface area contributed by atoms with Gasteiger partial charge in [0.05, 0.1) is 0 Å². The van der Waals surface area contributed by atoms with Gasteiger partial charge in [0.1, 0.15) is 0 Å². The van der Waals surface area contributed by atoms with E-state index < -0.39 is 11.9 Å². The van der Waals surface area contributed by atoms with E-state index in [9.17, 15) is 0 Å². The van der Waals surface area contributed by atoms with Crippen molar-refractivity contribution in [3.05, 3.63) is 78.4 Å². The molecular weight excluding hydrogens is 442 g/mol. The standard InChI is InChI=1S/C26H31N3.C2H2O4/c1-2-10-24(11-3-1)28-17-19-29(20-18-28)25-13-15-27(16-14-25)21-23-9-6-8-22-7-4-5-12-26(22)23;3-1(4)2(5)6/h1-12,25H,13-21H2;(H,3,4)(H,5,6). The number of benzene rings is 3. The number of fused-ring (bicyclic) bond motifs is 1. The number of anilines is 1. The zero-order chi connectivity index (χ0) is 24.6. The summed E-state index contributed by atoms with van der Waals surface area (Å²) in [6.07, 6.45) is 2.60. The van der Waals surface area contributed by atoms with Crippen LogP contribution in [0.5, 0.6) is 0 Å². The van der Waals surface area contributed by atoms with E-state index in [-0.39, 0.29) is 0 Å². The van der Waals surface area contributed by atoms with Crippen LogP contribution in [-0.4, -0.2) is 77.3 Å². The van der Waals surface area contributed by atoms with Crippen LogP contribution in [0.4, 0.5) is 5.69 Å². The Labute approximate surface area is 206 Å². The minimum absolute atomic E-state index is 0.761. The van der Waals surface area contributed by atoms with Crippen molar-refractivity contribution in [2.75, 3.05) is 44.2 Å². The molecule has 2 aliphatic rings. The fourth-order valence-electron chi connectivity index (χ4n) is 5.10. The number of likely N-dealkylation sites (tertiary alicyclic amines) is 1. The Bertz CT molecular complexity index is 1100. The molecule has 0 bridgehead atoms. The summed E-state index contributed by atoms with van der Waals surface area (Å²) in [6.45, 7) is 8.21. The zero-order valence-electron chi connectivity index (χ0n) is 19.9. The van der Waals surface area contributed by atoms with E-state index in [1.165, 1.54) is 61.0 Å². The number of hydrogen-bond acceptors (Lipinski definition) is 5. The number of nitrogens with zero attached hydrogens (tertiary/aromatic N) is 3. The van der Waals surface area contributed by atoms with Crippen LogP contribution in [0, 0.1) is 0 Å². The lowest BCUT2D eigenvalue weighted by Gasteiger charge is -2.43. The van der Waals surface area contributed by atoms with Gasteiger partial charge in [-0.05, 0) is 54.4 Å². The Balaban J connectivity index is 0.000000431. The number of carboxylic acids is 2. The van der Waals surface area contributed by atoms with Crippen molar-refractivity contribution in [2.24, 2.45) is 0 Å². The lowest BCUT2D eigenvalue weighted by atomic mass is 10.00. The quantitative estimate of drug-likeness (QED) is 0.556. The lowest BCUT2D eigenvalue weighted by molar-refractivity contribution is -0.159. The molecule has 0 aliphatic carbocycles. The summed E-state index contributed by atoms with van der Waals surface area (Å²) in [5, 5.41) is 17.6. The maximum atomic E-state index is 9.10. The maximum Gasteiger partial charge on any atom is 0.414 e. The number of piperidine rings is 1. The average molecular weight is 476 g/mol. The van der Waals surface area contributed by atoms with E-state index in [0.717, 1.165) is 25.7 Å². The molecule has 2 fully saturated rings. The molecule has 0 spiro atoms. The molecule has 7 nitrogen and oxygen atoms in total. The van der Waals surface area contributed by atoms with Gasteiger partial charge < -0.3 is 15.1 Å². The van der Waals surface area contributed by atoms with Gasteiger partial charge >= 0.3 is 11.9 Å². The Morgan fingerprint density at radius 1 is 0.714 bits per heavy atom. The van der Waals surface area contributed by atoms with Gasteiger partial charge in [0.25, 0.3) is 0 Å². The van der Waals surface area contributed by atoms with Crippen molar-refractivity contribution in [3.8, 4) is 0 Å². The number of para-hydroxylation sites is 1. The minimum Gasteiger partial charge on any atom is -0.473 e. The van der Waals surface area contributed by atoms with Crippen LogP contribution in [0.15, 0.2) is 72.8 Å². The molecule has 2 N–H and O–H groups in total. The van der Waals surface area contributed by atoms with E-state index in [2.05, 4.69) is 87.5 Å². The number of piperazine rings is 1. The molecule has 3 aromatic rings.